The van der Waals surface area contributed by atoms with E-state index in [1.54, 1.807) is 17.0 Å². The van der Waals surface area contributed by atoms with Crippen LogP contribution in [0.5, 0.6) is 0 Å². The molecule has 2 aliphatic rings. The lowest BCUT2D eigenvalue weighted by Crippen LogP contribution is -2.45. The Balaban J connectivity index is 1.26. The van der Waals surface area contributed by atoms with Crippen LogP contribution in [0.4, 0.5) is 0 Å². The fourth-order valence-electron chi connectivity index (χ4n) is 4.33. The highest BCUT2D eigenvalue weighted by Crippen LogP contribution is 2.22. The van der Waals surface area contributed by atoms with Gasteiger partial charge >= 0.3 is 0 Å². The summed E-state index contributed by atoms with van der Waals surface area (Å²) >= 11 is 0. The first kappa shape index (κ1) is 19.7. The molecule has 2 saturated heterocycles. The Bertz CT molecular complexity index is 798. The molecular formula is C23H29N3O3. The number of hydrogen-bond donors (Lipinski definition) is 0. The molecule has 0 aliphatic carbocycles. The van der Waals surface area contributed by atoms with Crippen molar-refractivity contribution in [2.45, 2.75) is 25.8 Å². The lowest BCUT2D eigenvalue weighted by Gasteiger charge is -2.33. The van der Waals surface area contributed by atoms with Gasteiger partial charge < -0.3 is 14.2 Å². The Hall–Kier alpha value is -2.60. The standard InChI is InChI=1S/C23H29N3O3/c27-22(20-9-13-26(14-10-20)23(28)21-8-4-17-29-21)25-12-5-11-24(15-16-25)18-19-6-2-1-3-7-19/h1-4,6-8,17,20H,5,9-16,18H2. The third kappa shape index (κ3) is 4.88. The Morgan fingerprint density at radius 1 is 0.862 bits per heavy atom. The average molecular weight is 396 g/mol. The maximum Gasteiger partial charge on any atom is 0.289 e. The molecule has 29 heavy (non-hydrogen) atoms. The average Bonchev–Trinajstić information content (AvgIpc) is 3.21. The Morgan fingerprint density at radius 3 is 2.38 bits per heavy atom. The summed E-state index contributed by atoms with van der Waals surface area (Å²) in [6.45, 7) is 5.72. The summed E-state index contributed by atoms with van der Waals surface area (Å²) in [5.41, 5.74) is 1.32. The normalized spacial score (nSPS) is 19.2. The van der Waals surface area contributed by atoms with Gasteiger partial charge in [0.2, 0.25) is 5.91 Å². The lowest BCUT2D eigenvalue weighted by molar-refractivity contribution is -0.136. The van der Waals surface area contributed by atoms with Crippen LogP contribution in [0, 0.1) is 5.92 Å². The summed E-state index contributed by atoms with van der Waals surface area (Å²) in [5.74, 6) is 0.584. The predicted octanol–water partition coefficient (Wildman–Crippen LogP) is 2.87. The van der Waals surface area contributed by atoms with E-state index in [0.717, 1.165) is 52.0 Å². The number of piperidine rings is 1. The fraction of sp³-hybridized carbons (Fsp3) is 0.478. The molecule has 6 heteroatoms. The quantitative estimate of drug-likeness (QED) is 0.799. The minimum absolute atomic E-state index is 0.0244. The number of carbonyl (C=O) groups is 2. The molecule has 2 aromatic rings. The van der Waals surface area contributed by atoms with Crippen LogP contribution < -0.4 is 0 Å². The summed E-state index contributed by atoms with van der Waals surface area (Å²) < 4.78 is 5.21. The molecule has 0 unspecified atom stereocenters. The number of rotatable bonds is 4. The number of amides is 2. The van der Waals surface area contributed by atoms with Crippen molar-refractivity contribution in [3.8, 4) is 0 Å². The molecule has 1 aromatic heterocycles. The maximum atomic E-state index is 13.1. The van der Waals surface area contributed by atoms with Crippen molar-refractivity contribution in [1.82, 2.24) is 14.7 Å². The fourth-order valence-corrected chi connectivity index (χ4v) is 4.33. The van der Waals surface area contributed by atoms with Crippen LogP contribution in [-0.2, 0) is 11.3 Å². The van der Waals surface area contributed by atoms with Crippen molar-refractivity contribution in [1.29, 1.82) is 0 Å². The van der Waals surface area contributed by atoms with Gasteiger partial charge in [-0.05, 0) is 37.0 Å². The Labute approximate surface area is 172 Å². The van der Waals surface area contributed by atoms with E-state index in [9.17, 15) is 9.59 Å². The molecule has 0 N–H and O–H groups in total. The first-order chi connectivity index (χ1) is 14.2. The Kier molecular flexibility index (Phi) is 6.30. The topological polar surface area (TPSA) is 57.0 Å². The van der Waals surface area contributed by atoms with E-state index in [4.69, 9.17) is 4.42 Å². The van der Waals surface area contributed by atoms with Crippen molar-refractivity contribution in [2.75, 3.05) is 39.3 Å². The molecule has 154 valence electrons. The second-order valence-electron chi connectivity index (χ2n) is 7.98. The molecule has 3 heterocycles. The van der Waals surface area contributed by atoms with E-state index in [1.165, 1.54) is 11.8 Å². The molecule has 4 rings (SSSR count). The number of likely N-dealkylation sites (tertiary alicyclic amines) is 1. The molecule has 0 atom stereocenters. The molecule has 0 bridgehead atoms. The minimum Gasteiger partial charge on any atom is -0.459 e. The van der Waals surface area contributed by atoms with Crippen LogP contribution in [0.1, 0.15) is 35.4 Å². The number of carbonyl (C=O) groups excluding carboxylic acids is 2. The lowest BCUT2D eigenvalue weighted by atomic mass is 9.95. The van der Waals surface area contributed by atoms with Gasteiger partial charge in [0.25, 0.3) is 5.91 Å². The molecule has 6 nitrogen and oxygen atoms in total. The van der Waals surface area contributed by atoms with Gasteiger partial charge in [-0.2, -0.15) is 0 Å². The van der Waals surface area contributed by atoms with E-state index in [0.29, 0.717) is 18.8 Å². The van der Waals surface area contributed by atoms with Gasteiger partial charge in [0, 0.05) is 51.7 Å². The molecule has 2 fully saturated rings. The number of hydrogen-bond acceptors (Lipinski definition) is 4. The zero-order valence-electron chi connectivity index (χ0n) is 16.8. The van der Waals surface area contributed by atoms with Gasteiger partial charge in [-0.15, -0.1) is 0 Å². The third-order valence-corrected chi connectivity index (χ3v) is 6.01. The van der Waals surface area contributed by atoms with Gasteiger partial charge in [-0.1, -0.05) is 30.3 Å². The Morgan fingerprint density at radius 2 is 1.66 bits per heavy atom. The van der Waals surface area contributed by atoms with E-state index in [-0.39, 0.29) is 17.7 Å². The maximum absolute atomic E-state index is 13.1. The summed E-state index contributed by atoms with van der Waals surface area (Å²) in [6.07, 6.45) is 3.99. The first-order valence-corrected chi connectivity index (χ1v) is 10.6. The zero-order chi connectivity index (χ0) is 20.1. The van der Waals surface area contributed by atoms with Crippen molar-refractivity contribution >= 4 is 11.8 Å². The van der Waals surface area contributed by atoms with E-state index < -0.39 is 0 Å². The number of benzene rings is 1. The first-order valence-electron chi connectivity index (χ1n) is 10.6. The number of nitrogens with zero attached hydrogens (tertiary/aromatic N) is 3. The van der Waals surface area contributed by atoms with Gasteiger partial charge in [-0.25, -0.2) is 0 Å². The van der Waals surface area contributed by atoms with Gasteiger partial charge in [0.15, 0.2) is 5.76 Å². The van der Waals surface area contributed by atoms with Crippen LogP contribution in [0.15, 0.2) is 53.1 Å². The van der Waals surface area contributed by atoms with Crippen molar-refractivity contribution in [3.63, 3.8) is 0 Å². The van der Waals surface area contributed by atoms with Crippen LogP contribution >= 0.6 is 0 Å². The molecule has 1 aromatic carbocycles. The van der Waals surface area contributed by atoms with Crippen molar-refractivity contribution in [3.05, 3.63) is 60.1 Å². The SMILES string of the molecule is O=C(c1ccco1)N1CCC(C(=O)N2CCCN(Cc3ccccc3)CC2)CC1. The highest BCUT2D eigenvalue weighted by atomic mass is 16.3. The van der Waals surface area contributed by atoms with Crippen LogP contribution in [0.25, 0.3) is 0 Å². The van der Waals surface area contributed by atoms with Gasteiger partial charge in [0.05, 0.1) is 6.26 Å². The second kappa shape index (κ2) is 9.27. The second-order valence-corrected chi connectivity index (χ2v) is 7.98. The number of furan rings is 1. The van der Waals surface area contributed by atoms with Gasteiger partial charge in [0.1, 0.15) is 0 Å². The molecule has 0 radical (unpaired) electrons. The largest absolute Gasteiger partial charge is 0.459 e. The van der Waals surface area contributed by atoms with Crippen LogP contribution in [0.2, 0.25) is 0 Å². The predicted molar refractivity (Wildman–Crippen MR) is 110 cm³/mol. The monoisotopic (exact) mass is 395 g/mol. The summed E-state index contributed by atoms with van der Waals surface area (Å²) in [4.78, 5) is 31.7. The van der Waals surface area contributed by atoms with Crippen molar-refractivity contribution in [2.24, 2.45) is 5.92 Å². The van der Waals surface area contributed by atoms with Gasteiger partial charge in [-0.3, -0.25) is 14.5 Å². The molecule has 2 amide bonds. The molecular weight excluding hydrogens is 366 g/mol. The van der Waals surface area contributed by atoms with Crippen LogP contribution in [0.3, 0.4) is 0 Å². The van der Waals surface area contributed by atoms with E-state index >= 15 is 0 Å². The van der Waals surface area contributed by atoms with E-state index in [2.05, 4.69) is 29.2 Å². The zero-order valence-corrected chi connectivity index (χ0v) is 16.8. The molecule has 0 spiro atoms. The van der Waals surface area contributed by atoms with Crippen molar-refractivity contribution < 1.29 is 14.0 Å². The third-order valence-electron chi connectivity index (χ3n) is 6.01. The smallest absolute Gasteiger partial charge is 0.289 e. The summed E-state index contributed by atoms with van der Waals surface area (Å²) in [7, 11) is 0. The molecule has 2 aliphatic heterocycles. The summed E-state index contributed by atoms with van der Waals surface area (Å²) in [6, 6.07) is 13.9. The minimum atomic E-state index is -0.0766. The van der Waals surface area contributed by atoms with E-state index in [1.807, 2.05) is 11.0 Å². The highest BCUT2D eigenvalue weighted by molar-refractivity contribution is 5.91. The summed E-state index contributed by atoms with van der Waals surface area (Å²) in [5, 5.41) is 0. The highest BCUT2D eigenvalue weighted by Gasteiger charge is 2.31. The molecule has 0 saturated carbocycles. The van der Waals surface area contributed by atoms with Crippen LogP contribution in [-0.4, -0.2) is 65.8 Å².